The maximum absolute atomic E-state index is 5.26. The van der Waals surface area contributed by atoms with Crippen LogP contribution in [0, 0.1) is 0 Å². The molecule has 0 atom stereocenters. The minimum Gasteiger partial charge on any atom is -0.340 e. The van der Waals surface area contributed by atoms with Crippen molar-refractivity contribution in [1.29, 1.82) is 0 Å². The molecule has 0 radical (unpaired) electrons. The van der Waals surface area contributed by atoms with Crippen molar-refractivity contribution in [3.63, 3.8) is 0 Å². The fraction of sp³-hybridized carbons (Fsp3) is 0.0851. The Balaban J connectivity index is 1.37. The van der Waals surface area contributed by atoms with Crippen molar-refractivity contribution in [2.45, 2.75) is 26.2 Å². The van der Waals surface area contributed by atoms with E-state index < -0.39 is 0 Å². The van der Waals surface area contributed by atoms with Gasteiger partial charge in [-0.25, -0.2) is 4.98 Å². The molecule has 0 unspecified atom stereocenters. The summed E-state index contributed by atoms with van der Waals surface area (Å²) in [6.07, 6.45) is 0. The summed E-state index contributed by atoms with van der Waals surface area (Å²) in [6, 6.07) is 62.6. The van der Waals surface area contributed by atoms with Crippen LogP contribution in [0.4, 0.5) is 28.7 Å². The fourth-order valence-electron chi connectivity index (χ4n) is 6.84. The van der Waals surface area contributed by atoms with Gasteiger partial charge in [-0.3, -0.25) is 4.90 Å². The molecule has 0 aliphatic heterocycles. The van der Waals surface area contributed by atoms with E-state index in [0.29, 0.717) is 0 Å². The summed E-state index contributed by atoms with van der Waals surface area (Å²) in [6.45, 7) is 6.84. The van der Waals surface area contributed by atoms with E-state index in [4.69, 9.17) is 4.98 Å². The normalized spacial score (nSPS) is 11.5. The SMILES string of the molecule is CC(C)(C)c1ccc(N(c2cccc(-c3cccc4ccccc34)c2)c2cccc(Nc3ccccc3)n2)c(-c2cccc3ccccc23)c1. The highest BCUT2D eigenvalue weighted by molar-refractivity contribution is 6.02. The zero-order chi connectivity index (χ0) is 34.1. The first-order valence-corrected chi connectivity index (χ1v) is 17.2. The Labute approximate surface area is 294 Å². The van der Waals surface area contributed by atoms with E-state index >= 15 is 0 Å². The number of pyridine rings is 1. The topological polar surface area (TPSA) is 28.2 Å². The highest BCUT2D eigenvalue weighted by atomic mass is 15.2. The van der Waals surface area contributed by atoms with E-state index in [0.717, 1.165) is 39.8 Å². The van der Waals surface area contributed by atoms with Crippen molar-refractivity contribution in [3.8, 4) is 22.3 Å². The van der Waals surface area contributed by atoms with Crippen LogP contribution in [-0.4, -0.2) is 4.98 Å². The molecular formula is C47H39N3. The Morgan fingerprint density at radius 3 is 1.86 bits per heavy atom. The molecular weight excluding hydrogens is 607 g/mol. The standard InChI is InChI=1S/C47H39N3/c1-47(2,3)36-29-30-44(43(32-36)42-26-13-18-34-16-8-10-24-40(34)42)50(46-28-14-27-45(49-46)48-37-20-5-4-6-21-37)38-22-11-19-35(31-38)41-25-12-17-33-15-7-9-23-39(33)41/h4-32H,1-3H3,(H,48,49). The van der Waals surface area contributed by atoms with Crippen molar-refractivity contribution in [1.82, 2.24) is 4.98 Å². The van der Waals surface area contributed by atoms with Gasteiger partial charge in [0, 0.05) is 16.9 Å². The Morgan fingerprint density at radius 2 is 1.12 bits per heavy atom. The predicted octanol–water partition coefficient (Wildman–Crippen LogP) is 13.2. The third-order valence-corrected chi connectivity index (χ3v) is 9.40. The van der Waals surface area contributed by atoms with Crippen LogP contribution in [-0.2, 0) is 5.41 Å². The quantitative estimate of drug-likeness (QED) is 0.187. The summed E-state index contributed by atoms with van der Waals surface area (Å²) in [5, 5.41) is 8.42. The summed E-state index contributed by atoms with van der Waals surface area (Å²) in [7, 11) is 0. The Kier molecular flexibility index (Phi) is 8.10. The molecule has 1 aromatic heterocycles. The van der Waals surface area contributed by atoms with Gasteiger partial charge in [0.2, 0.25) is 0 Å². The van der Waals surface area contributed by atoms with Crippen LogP contribution in [0.1, 0.15) is 26.3 Å². The van der Waals surface area contributed by atoms with Crippen LogP contribution in [0.5, 0.6) is 0 Å². The molecule has 8 rings (SSSR count). The van der Waals surface area contributed by atoms with Crippen LogP contribution in [0.15, 0.2) is 176 Å². The second-order valence-corrected chi connectivity index (χ2v) is 13.8. The molecule has 3 heteroatoms. The third kappa shape index (κ3) is 6.10. The first-order valence-electron chi connectivity index (χ1n) is 17.2. The Bertz CT molecular complexity index is 2450. The number of nitrogens with zero attached hydrogens (tertiary/aromatic N) is 2. The van der Waals surface area contributed by atoms with E-state index in [9.17, 15) is 0 Å². The van der Waals surface area contributed by atoms with Crippen LogP contribution in [0.3, 0.4) is 0 Å². The molecule has 0 aliphatic carbocycles. The van der Waals surface area contributed by atoms with E-state index in [-0.39, 0.29) is 5.41 Å². The number of aromatic nitrogens is 1. The number of anilines is 5. The Morgan fingerprint density at radius 1 is 0.500 bits per heavy atom. The van der Waals surface area contributed by atoms with Gasteiger partial charge in [-0.15, -0.1) is 0 Å². The van der Waals surface area contributed by atoms with Gasteiger partial charge in [0.05, 0.1) is 5.69 Å². The van der Waals surface area contributed by atoms with Crippen molar-refractivity contribution >= 4 is 50.2 Å². The average Bonchev–Trinajstić information content (AvgIpc) is 3.15. The summed E-state index contributed by atoms with van der Waals surface area (Å²) in [4.78, 5) is 7.57. The summed E-state index contributed by atoms with van der Waals surface area (Å²) < 4.78 is 0. The third-order valence-electron chi connectivity index (χ3n) is 9.40. The molecule has 0 amide bonds. The zero-order valence-electron chi connectivity index (χ0n) is 28.6. The summed E-state index contributed by atoms with van der Waals surface area (Å²) in [5.74, 6) is 1.60. The zero-order valence-corrected chi connectivity index (χ0v) is 28.6. The van der Waals surface area contributed by atoms with Gasteiger partial charge in [0.15, 0.2) is 0 Å². The van der Waals surface area contributed by atoms with Gasteiger partial charge >= 0.3 is 0 Å². The molecule has 3 nitrogen and oxygen atoms in total. The van der Waals surface area contributed by atoms with E-state index in [1.807, 2.05) is 24.3 Å². The summed E-state index contributed by atoms with van der Waals surface area (Å²) in [5.41, 5.74) is 9.04. The first kappa shape index (κ1) is 31.1. The molecule has 242 valence electrons. The molecule has 0 saturated heterocycles. The van der Waals surface area contributed by atoms with E-state index in [1.165, 1.54) is 38.2 Å². The molecule has 0 bridgehead atoms. The lowest BCUT2D eigenvalue weighted by Gasteiger charge is -2.30. The summed E-state index contributed by atoms with van der Waals surface area (Å²) >= 11 is 0. The maximum Gasteiger partial charge on any atom is 0.140 e. The van der Waals surface area contributed by atoms with Crippen LogP contribution >= 0.6 is 0 Å². The minimum absolute atomic E-state index is 0.0330. The number of fused-ring (bicyclic) bond motifs is 2. The second kappa shape index (κ2) is 13.0. The first-order chi connectivity index (χ1) is 24.4. The predicted molar refractivity (Wildman–Crippen MR) is 213 cm³/mol. The van der Waals surface area contributed by atoms with Gasteiger partial charge in [-0.1, -0.05) is 148 Å². The van der Waals surface area contributed by atoms with Gasteiger partial charge in [-0.2, -0.15) is 0 Å². The molecule has 0 saturated carbocycles. The number of benzene rings is 7. The van der Waals surface area contributed by atoms with Crippen molar-refractivity contribution in [3.05, 3.63) is 181 Å². The number of hydrogen-bond donors (Lipinski definition) is 1. The largest absolute Gasteiger partial charge is 0.340 e. The van der Waals surface area contributed by atoms with Gasteiger partial charge < -0.3 is 5.32 Å². The molecule has 8 aromatic rings. The number of hydrogen-bond acceptors (Lipinski definition) is 3. The van der Waals surface area contributed by atoms with E-state index in [1.54, 1.807) is 0 Å². The molecule has 7 aromatic carbocycles. The minimum atomic E-state index is -0.0330. The van der Waals surface area contributed by atoms with Crippen LogP contribution in [0.25, 0.3) is 43.8 Å². The highest BCUT2D eigenvalue weighted by Crippen LogP contribution is 2.45. The second-order valence-electron chi connectivity index (χ2n) is 13.8. The van der Waals surface area contributed by atoms with Gasteiger partial charge in [0.1, 0.15) is 11.6 Å². The van der Waals surface area contributed by atoms with Crippen molar-refractivity contribution < 1.29 is 0 Å². The smallest absolute Gasteiger partial charge is 0.140 e. The average molecular weight is 646 g/mol. The number of nitrogens with one attached hydrogen (secondary N) is 1. The van der Waals surface area contributed by atoms with Crippen LogP contribution < -0.4 is 10.2 Å². The molecule has 1 heterocycles. The highest BCUT2D eigenvalue weighted by Gasteiger charge is 2.23. The monoisotopic (exact) mass is 645 g/mol. The molecule has 50 heavy (non-hydrogen) atoms. The Hall–Kier alpha value is -6.19. The molecule has 0 fully saturated rings. The van der Waals surface area contributed by atoms with Gasteiger partial charge in [-0.05, 0) is 97.7 Å². The van der Waals surface area contributed by atoms with Crippen LogP contribution in [0.2, 0.25) is 0 Å². The lowest BCUT2D eigenvalue weighted by molar-refractivity contribution is 0.590. The lowest BCUT2D eigenvalue weighted by Crippen LogP contribution is -2.16. The van der Waals surface area contributed by atoms with E-state index in [2.05, 4.69) is 183 Å². The number of rotatable bonds is 7. The van der Waals surface area contributed by atoms with Crippen molar-refractivity contribution in [2.75, 3.05) is 10.2 Å². The maximum atomic E-state index is 5.26. The lowest BCUT2D eigenvalue weighted by atomic mass is 9.84. The molecule has 0 spiro atoms. The van der Waals surface area contributed by atoms with Crippen molar-refractivity contribution in [2.24, 2.45) is 0 Å². The number of para-hydroxylation sites is 1. The fourth-order valence-corrected chi connectivity index (χ4v) is 6.84. The van der Waals surface area contributed by atoms with Gasteiger partial charge in [0.25, 0.3) is 0 Å². The molecule has 0 aliphatic rings. The molecule has 1 N–H and O–H groups in total.